The molecular weight excluding hydrogens is 356 g/mol. The van der Waals surface area contributed by atoms with Crippen LogP contribution in [-0.4, -0.2) is 50.6 Å². The van der Waals surface area contributed by atoms with Crippen molar-refractivity contribution in [2.24, 2.45) is 0 Å². The Labute approximate surface area is 166 Å². The standard InChI is InChI=1S/C21H28N4O3/c1-15(23-21(27)24-17-8-6-5-7-9-17)20(26)22-14-19(25(2)3)16-10-12-18(28-4)13-11-16/h5-13,15,19H,14H2,1-4H3,(H,22,26)(H2,23,24,27). The number of methoxy groups -OCH3 is 1. The van der Waals surface area contributed by atoms with Gasteiger partial charge in [0, 0.05) is 12.2 Å². The summed E-state index contributed by atoms with van der Waals surface area (Å²) in [5.74, 6) is 0.538. The van der Waals surface area contributed by atoms with Crippen LogP contribution in [0.5, 0.6) is 5.75 Å². The average Bonchev–Trinajstić information content (AvgIpc) is 2.68. The minimum Gasteiger partial charge on any atom is -0.497 e. The number of rotatable bonds is 8. The summed E-state index contributed by atoms with van der Waals surface area (Å²) in [6.45, 7) is 2.07. The molecule has 3 amide bonds. The smallest absolute Gasteiger partial charge is 0.319 e. The van der Waals surface area contributed by atoms with E-state index in [-0.39, 0.29) is 11.9 Å². The van der Waals surface area contributed by atoms with Gasteiger partial charge in [0.25, 0.3) is 0 Å². The zero-order valence-corrected chi connectivity index (χ0v) is 16.7. The number of nitrogens with one attached hydrogen (secondary N) is 3. The average molecular weight is 384 g/mol. The van der Waals surface area contributed by atoms with E-state index in [0.29, 0.717) is 12.2 Å². The van der Waals surface area contributed by atoms with Gasteiger partial charge in [-0.25, -0.2) is 4.79 Å². The fourth-order valence-electron chi connectivity index (χ4n) is 2.73. The molecule has 2 aromatic carbocycles. The Morgan fingerprint density at radius 3 is 2.25 bits per heavy atom. The highest BCUT2D eigenvalue weighted by molar-refractivity contribution is 5.93. The molecule has 0 aromatic heterocycles. The molecule has 0 fully saturated rings. The van der Waals surface area contributed by atoms with E-state index in [2.05, 4.69) is 16.0 Å². The van der Waals surface area contributed by atoms with E-state index in [9.17, 15) is 9.59 Å². The number of hydrogen-bond acceptors (Lipinski definition) is 4. The van der Waals surface area contributed by atoms with Crippen molar-refractivity contribution < 1.29 is 14.3 Å². The van der Waals surface area contributed by atoms with Crippen LogP contribution in [0.1, 0.15) is 18.5 Å². The molecule has 0 bridgehead atoms. The van der Waals surface area contributed by atoms with Gasteiger partial charge in [-0.15, -0.1) is 0 Å². The molecule has 28 heavy (non-hydrogen) atoms. The highest BCUT2D eigenvalue weighted by Gasteiger charge is 2.19. The van der Waals surface area contributed by atoms with E-state index in [4.69, 9.17) is 4.74 Å². The lowest BCUT2D eigenvalue weighted by atomic mass is 10.1. The van der Waals surface area contributed by atoms with Crippen molar-refractivity contribution in [3.63, 3.8) is 0 Å². The number of hydrogen-bond donors (Lipinski definition) is 3. The van der Waals surface area contributed by atoms with Gasteiger partial charge in [0.15, 0.2) is 0 Å². The fourth-order valence-corrected chi connectivity index (χ4v) is 2.73. The number of para-hydroxylation sites is 1. The molecule has 0 heterocycles. The molecule has 0 aliphatic rings. The summed E-state index contributed by atoms with van der Waals surface area (Å²) in [6.07, 6.45) is 0. The summed E-state index contributed by atoms with van der Waals surface area (Å²) in [7, 11) is 5.53. The van der Waals surface area contributed by atoms with Crippen molar-refractivity contribution in [3.05, 3.63) is 60.2 Å². The van der Waals surface area contributed by atoms with Crippen molar-refractivity contribution in [1.82, 2.24) is 15.5 Å². The molecule has 0 aliphatic carbocycles. The maximum Gasteiger partial charge on any atom is 0.319 e. The molecule has 2 rings (SSSR count). The summed E-state index contributed by atoms with van der Waals surface area (Å²) in [4.78, 5) is 26.5. The second-order valence-corrected chi connectivity index (χ2v) is 6.68. The third kappa shape index (κ3) is 6.28. The van der Waals surface area contributed by atoms with E-state index in [1.54, 1.807) is 26.2 Å². The first-order valence-electron chi connectivity index (χ1n) is 9.11. The van der Waals surface area contributed by atoms with Crippen molar-refractivity contribution in [1.29, 1.82) is 0 Å². The van der Waals surface area contributed by atoms with Gasteiger partial charge < -0.3 is 25.6 Å². The van der Waals surface area contributed by atoms with Gasteiger partial charge in [0.05, 0.1) is 13.2 Å². The third-order valence-corrected chi connectivity index (χ3v) is 4.37. The lowest BCUT2D eigenvalue weighted by Gasteiger charge is -2.26. The molecule has 7 heteroatoms. The zero-order valence-electron chi connectivity index (χ0n) is 16.7. The van der Waals surface area contributed by atoms with Gasteiger partial charge in [-0.3, -0.25) is 4.79 Å². The number of benzene rings is 2. The quantitative estimate of drug-likeness (QED) is 0.653. The van der Waals surface area contributed by atoms with Gasteiger partial charge in [-0.05, 0) is 50.8 Å². The lowest BCUT2D eigenvalue weighted by molar-refractivity contribution is -0.122. The van der Waals surface area contributed by atoms with Crippen molar-refractivity contribution in [2.45, 2.75) is 19.0 Å². The normalized spacial score (nSPS) is 12.8. The largest absolute Gasteiger partial charge is 0.497 e. The van der Waals surface area contributed by atoms with Crippen molar-refractivity contribution >= 4 is 17.6 Å². The van der Waals surface area contributed by atoms with Crippen LogP contribution < -0.4 is 20.7 Å². The number of ether oxygens (including phenoxy) is 1. The molecule has 0 radical (unpaired) electrons. The topological polar surface area (TPSA) is 82.7 Å². The number of likely N-dealkylation sites (N-methyl/N-ethyl adjacent to an activating group) is 1. The first kappa shape index (κ1) is 21.2. The van der Waals surface area contributed by atoms with Crippen LogP contribution in [0.15, 0.2) is 54.6 Å². The molecular formula is C21H28N4O3. The molecule has 0 saturated heterocycles. The Morgan fingerprint density at radius 2 is 1.68 bits per heavy atom. The minimum absolute atomic E-state index is 0.000186. The highest BCUT2D eigenvalue weighted by atomic mass is 16.5. The minimum atomic E-state index is -0.664. The van der Waals surface area contributed by atoms with Crippen LogP contribution in [0, 0.1) is 0 Å². The molecule has 2 aromatic rings. The molecule has 2 atom stereocenters. The number of nitrogens with zero attached hydrogens (tertiary/aromatic N) is 1. The van der Waals surface area contributed by atoms with E-state index in [1.807, 2.05) is 61.5 Å². The Bertz CT molecular complexity index is 763. The number of carbonyl (C=O) groups is 2. The van der Waals surface area contributed by atoms with Crippen molar-refractivity contribution in [2.75, 3.05) is 33.1 Å². The van der Waals surface area contributed by atoms with Gasteiger partial charge in [0.2, 0.25) is 5.91 Å². The van der Waals surface area contributed by atoms with E-state index in [0.717, 1.165) is 11.3 Å². The highest BCUT2D eigenvalue weighted by Crippen LogP contribution is 2.20. The van der Waals surface area contributed by atoms with Gasteiger partial charge in [-0.2, -0.15) is 0 Å². The Balaban J connectivity index is 1.87. The van der Waals surface area contributed by atoms with E-state index in [1.165, 1.54) is 0 Å². The number of carbonyl (C=O) groups excluding carboxylic acids is 2. The Hall–Kier alpha value is -3.06. The number of anilines is 1. The van der Waals surface area contributed by atoms with Crippen LogP contribution >= 0.6 is 0 Å². The summed E-state index contributed by atoms with van der Waals surface area (Å²) in [6, 6.07) is 15.7. The summed E-state index contributed by atoms with van der Waals surface area (Å²) < 4.78 is 5.19. The molecule has 7 nitrogen and oxygen atoms in total. The Morgan fingerprint density at radius 1 is 1.04 bits per heavy atom. The SMILES string of the molecule is COc1ccc(C(CNC(=O)C(C)NC(=O)Nc2ccccc2)N(C)C)cc1. The molecule has 2 unspecified atom stereocenters. The van der Waals surface area contributed by atoms with Crippen LogP contribution in [-0.2, 0) is 4.79 Å². The van der Waals surface area contributed by atoms with Crippen LogP contribution in [0.2, 0.25) is 0 Å². The fraction of sp³-hybridized carbons (Fsp3) is 0.333. The first-order chi connectivity index (χ1) is 13.4. The van der Waals surface area contributed by atoms with Crippen LogP contribution in [0.25, 0.3) is 0 Å². The van der Waals surface area contributed by atoms with Gasteiger partial charge in [-0.1, -0.05) is 30.3 Å². The van der Waals surface area contributed by atoms with Crippen LogP contribution in [0.3, 0.4) is 0 Å². The molecule has 0 spiro atoms. The van der Waals surface area contributed by atoms with E-state index >= 15 is 0 Å². The second-order valence-electron chi connectivity index (χ2n) is 6.68. The number of urea groups is 1. The molecule has 150 valence electrons. The van der Waals surface area contributed by atoms with Gasteiger partial charge >= 0.3 is 6.03 Å². The first-order valence-corrected chi connectivity index (χ1v) is 9.11. The predicted molar refractivity (Wildman–Crippen MR) is 110 cm³/mol. The third-order valence-electron chi connectivity index (χ3n) is 4.37. The second kappa shape index (κ2) is 10.3. The Kier molecular flexibility index (Phi) is 7.83. The van der Waals surface area contributed by atoms with Gasteiger partial charge in [0.1, 0.15) is 11.8 Å². The summed E-state index contributed by atoms with van der Waals surface area (Å²) in [5.41, 5.74) is 1.73. The van der Waals surface area contributed by atoms with Crippen molar-refractivity contribution in [3.8, 4) is 5.75 Å². The monoisotopic (exact) mass is 384 g/mol. The lowest BCUT2D eigenvalue weighted by Crippen LogP contribution is -2.47. The summed E-state index contributed by atoms with van der Waals surface area (Å²) >= 11 is 0. The summed E-state index contributed by atoms with van der Waals surface area (Å²) in [5, 5.41) is 8.25. The van der Waals surface area contributed by atoms with Crippen LogP contribution in [0.4, 0.5) is 10.5 Å². The maximum absolute atomic E-state index is 12.4. The zero-order chi connectivity index (χ0) is 20.5. The molecule has 3 N–H and O–H groups in total. The van der Waals surface area contributed by atoms with E-state index < -0.39 is 12.1 Å². The molecule has 0 saturated carbocycles. The maximum atomic E-state index is 12.4. The number of amides is 3. The predicted octanol–water partition coefficient (Wildman–Crippen LogP) is 2.62. The molecule has 0 aliphatic heterocycles.